The monoisotopic (exact) mass is 476 g/mol. The van der Waals surface area contributed by atoms with Gasteiger partial charge in [0.15, 0.2) is 0 Å². The van der Waals surface area contributed by atoms with Crippen LogP contribution in [0.25, 0.3) is 0 Å². The summed E-state index contributed by atoms with van der Waals surface area (Å²) in [6.07, 6.45) is 5.61. The molecule has 1 fully saturated rings. The number of aliphatic hydroxyl groups is 1. The molecule has 0 spiro atoms. The van der Waals surface area contributed by atoms with Gasteiger partial charge in [-0.05, 0) is 48.3 Å². The van der Waals surface area contributed by atoms with E-state index in [9.17, 15) is 5.11 Å². The molecule has 27 heavy (non-hydrogen) atoms. The molecule has 5 unspecified atom stereocenters. The fraction of sp³-hybridized carbons (Fsp3) is 0.478. The second kappa shape index (κ2) is 9.72. The number of fused-ring (bicyclic) bond motifs is 1. The van der Waals surface area contributed by atoms with Gasteiger partial charge in [-0.15, -0.1) is 23.2 Å². The number of aryl methyl sites for hydroxylation is 2. The summed E-state index contributed by atoms with van der Waals surface area (Å²) in [6, 6.07) is 18.0. The van der Waals surface area contributed by atoms with Crippen LogP contribution in [0.5, 0.6) is 0 Å². The van der Waals surface area contributed by atoms with Gasteiger partial charge in [-0.2, -0.15) is 35.9 Å². The third-order valence-electron chi connectivity index (χ3n) is 6.12. The van der Waals surface area contributed by atoms with Gasteiger partial charge in [-0.3, -0.25) is 0 Å². The van der Waals surface area contributed by atoms with E-state index in [0.717, 1.165) is 44.1 Å². The van der Waals surface area contributed by atoms with E-state index in [2.05, 4.69) is 36.4 Å². The molecule has 1 radical (unpaired) electrons. The van der Waals surface area contributed by atoms with Crippen LogP contribution in [0.2, 0.25) is 0 Å². The molecular formula is C23H25Cl2OY-. The van der Waals surface area contributed by atoms with Crippen molar-refractivity contribution in [2.75, 3.05) is 0 Å². The van der Waals surface area contributed by atoms with E-state index < -0.39 is 0 Å². The van der Waals surface area contributed by atoms with Crippen LogP contribution in [0.1, 0.15) is 60.0 Å². The first-order valence-electron chi connectivity index (χ1n) is 9.68. The Hall–Kier alpha value is 0.0839. The molecule has 0 aliphatic heterocycles. The van der Waals surface area contributed by atoms with Crippen LogP contribution < -0.4 is 0 Å². The molecule has 1 saturated carbocycles. The largest absolute Gasteiger partial charge is 0.388 e. The summed E-state index contributed by atoms with van der Waals surface area (Å²) >= 11 is 13.4. The zero-order chi connectivity index (χ0) is 18.1. The first-order chi connectivity index (χ1) is 12.6. The molecule has 2 aromatic rings. The first kappa shape index (κ1) is 21.8. The fourth-order valence-corrected chi connectivity index (χ4v) is 5.87. The first-order valence-corrected chi connectivity index (χ1v) is 10.6. The van der Waals surface area contributed by atoms with E-state index in [1.54, 1.807) is 0 Å². The Morgan fingerprint density at radius 1 is 1.11 bits per heavy atom. The number of benzene rings is 2. The minimum absolute atomic E-state index is 0. The molecule has 5 atom stereocenters. The normalized spacial score (nSPS) is 29.4. The Labute approximate surface area is 197 Å². The van der Waals surface area contributed by atoms with Gasteiger partial charge in [0, 0.05) is 49.4 Å². The van der Waals surface area contributed by atoms with Crippen LogP contribution in [-0.4, -0.2) is 15.9 Å². The van der Waals surface area contributed by atoms with Crippen molar-refractivity contribution in [1.82, 2.24) is 0 Å². The molecule has 0 bridgehead atoms. The van der Waals surface area contributed by atoms with Crippen molar-refractivity contribution in [2.24, 2.45) is 5.92 Å². The van der Waals surface area contributed by atoms with Crippen LogP contribution >= 0.6 is 23.2 Å². The summed E-state index contributed by atoms with van der Waals surface area (Å²) in [5.41, 5.74) is 4.95. The number of halogens is 2. The van der Waals surface area contributed by atoms with Crippen molar-refractivity contribution >= 4 is 23.2 Å². The van der Waals surface area contributed by atoms with Crippen molar-refractivity contribution in [3.05, 3.63) is 70.8 Å². The van der Waals surface area contributed by atoms with Crippen LogP contribution in [0.15, 0.2) is 42.5 Å². The van der Waals surface area contributed by atoms with Gasteiger partial charge in [-0.1, -0.05) is 31.0 Å². The second-order valence-corrected chi connectivity index (χ2v) is 8.87. The molecule has 0 saturated heterocycles. The molecule has 2 aliphatic rings. The molecule has 1 N–H and O–H groups in total. The second-order valence-electron chi connectivity index (χ2n) is 7.75. The predicted octanol–water partition coefficient (Wildman–Crippen LogP) is 5.81. The van der Waals surface area contributed by atoms with Crippen molar-refractivity contribution in [2.45, 2.75) is 61.3 Å². The zero-order valence-electron chi connectivity index (χ0n) is 15.5. The van der Waals surface area contributed by atoms with Crippen molar-refractivity contribution < 1.29 is 37.8 Å². The summed E-state index contributed by atoms with van der Waals surface area (Å²) in [4.78, 5) is 0. The van der Waals surface area contributed by atoms with Crippen molar-refractivity contribution in [3.63, 3.8) is 0 Å². The molecule has 2 aromatic carbocycles. The molecule has 0 aromatic heterocycles. The molecular weight excluding hydrogens is 452 g/mol. The standard InChI is InChI=1S/C23H25Cl2O.Y/c24-20-14-21(25)23(17-9-11-18-16(13-17)10-12-22(18)26)19(20)8-4-7-15-5-2-1-3-6-15;/h1-3,5,9,11,13,19-23,26H,4,7-8,10,12,14H2;/q-1;. The van der Waals surface area contributed by atoms with Gasteiger partial charge in [0.25, 0.3) is 0 Å². The van der Waals surface area contributed by atoms with E-state index in [0.29, 0.717) is 11.8 Å². The maximum Gasteiger partial charge on any atom is 0.0795 e. The molecule has 0 heterocycles. The Balaban J connectivity index is 0.00000210. The van der Waals surface area contributed by atoms with Crippen LogP contribution in [0.3, 0.4) is 0 Å². The Morgan fingerprint density at radius 2 is 1.96 bits per heavy atom. The summed E-state index contributed by atoms with van der Waals surface area (Å²) in [5.74, 6) is 0.717. The van der Waals surface area contributed by atoms with E-state index in [1.165, 1.54) is 16.7 Å². The van der Waals surface area contributed by atoms with E-state index in [1.807, 2.05) is 12.1 Å². The average Bonchev–Trinajstić information content (AvgIpc) is 3.15. The smallest absolute Gasteiger partial charge is 0.0795 e. The van der Waals surface area contributed by atoms with Gasteiger partial charge < -0.3 is 5.11 Å². The van der Waals surface area contributed by atoms with Gasteiger partial charge in [-0.25, -0.2) is 0 Å². The average molecular weight is 477 g/mol. The number of hydrogen-bond acceptors (Lipinski definition) is 1. The topological polar surface area (TPSA) is 20.2 Å². The molecule has 1 nitrogen and oxygen atoms in total. The van der Waals surface area contributed by atoms with E-state index >= 15 is 0 Å². The fourth-order valence-electron chi connectivity index (χ4n) is 4.78. The maximum absolute atomic E-state index is 10.1. The molecule has 2 aliphatic carbocycles. The third kappa shape index (κ3) is 4.81. The van der Waals surface area contributed by atoms with Crippen LogP contribution in [0.4, 0.5) is 0 Å². The van der Waals surface area contributed by atoms with Gasteiger partial charge >= 0.3 is 0 Å². The molecule has 0 amide bonds. The number of alkyl halides is 2. The summed E-state index contributed by atoms with van der Waals surface area (Å²) in [7, 11) is 0. The minimum atomic E-state index is -0.298. The Kier molecular flexibility index (Phi) is 7.85. The SMILES string of the molecule is OC1CCc2cc(C3C(Cl)CC(Cl)C3CCCc3[c-]cccc3)ccc21.[Y]. The summed E-state index contributed by atoms with van der Waals surface area (Å²) in [5, 5.41) is 10.3. The Morgan fingerprint density at radius 3 is 2.74 bits per heavy atom. The van der Waals surface area contributed by atoms with Gasteiger partial charge in [0.2, 0.25) is 0 Å². The molecule has 141 valence electrons. The minimum Gasteiger partial charge on any atom is -0.388 e. The van der Waals surface area contributed by atoms with Gasteiger partial charge in [0.05, 0.1) is 6.10 Å². The maximum atomic E-state index is 10.1. The predicted molar refractivity (Wildman–Crippen MR) is 108 cm³/mol. The molecule has 4 heteroatoms. The number of hydrogen-bond donors (Lipinski definition) is 1. The van der Waals surface area contributed by atoms with Crippen molar-refractivity contribution in [3.8, 4) is 0 Å². The quantitative estimate of drug-likeness (QED) is 0.426. The zero-order valence-corrected chi connectivity index (χ0v) is 19.8. The van der Waals surface area contributed by atoms with Crippen LogP contribution in [-0.2, 0) is 45.6 Å². The summed E-state index contributed by atoms with van der Waals surface area (Å²) < 4.78 is 0. The van der Waals surface area contributed by atoms with Crippen LogP contribution in [0, 0.1) is 12.0 Å². The third-order valence-corrected chi connectivity index (χ3v) is 7.07. The number of aliphatic hydroxyl groups excluding tert-OH is 1. The van der Waals surface area contributed by atoms with E-state index in [-0.39, 0.29) is 49.6 Å². The molecule has 4 rings (SSSR count). The Bertz CT molecular complexity index is 751. The van der Waals surface area contributed by atoms with Gasteiger partial charge in [0.1, 0.15) is 0 Å². The number of rotatable bonds is 5. The van der Waals surface area contributed by atoms with E-state index in [4.69, 9.17) is 23.2 Å². The van der Waals surface area contributed by atoms with Crippen molar-refractivity contribution in [1.29, 1.82) is 0 Å². The summed E-state index contributed by atoms with van der Waals surface area (Å²) in [6.45, 7) is 0.